The lowest BCUT2D eigenvalue weighted by Gasteiger charge is -2.17. The zero-order chi connectivity index (χ0) is 11.2. The minimum atomic E-state index is -0.324. The summed E-state index contributed by atoms with van der Waals surface area (Å²) in [6.45, 7) is 0.500. The van der Waals surface area contributed by atoms with E-state index in [9.17, 15) is 4.79 Å². The minimum absolute atomic E-state index is 0.324. The minimum Gasteiger partial charge on any atom is -0.461 e. The second-order valence-corrected chi connectivity index (χ2v) is 3.96. The number of nitrogens with zero attached hydrogens (tertiary/aromatic N) is 1. The third-order valence-corrected chi connectivity index (χ3v) is 2.70. The van der Waals surface area contributed by atoms with Crippen LogP contribution in [0.25, 0.3) is 0 Å². The van der Waals surface area contributed by atoms with Crippen molar-refractivity contribution in [1.29, 1.82) is 0 Å². The van der Waals surface area contributed by atoms with Crippen molar-refractivity contribution in [2.75, 3.05) is 6.61 Å². The number of pyridine rings is 1. The quantitative estimate of drug-likeness (QED) is 0.577. The SMILES string of the molecule is O=C(OCC1CC=CCC1)c1ccccn1. The average Bonchev–Trinajstić information content (AvgIpc) is 2.38. The highest BCUT2D eigenvalue weighted by Gasteiger charge is 2.14. The Kier molecular flexibility index (Phi) is 3.70. The van der Waals surface area contributed by atoms with E-state index in [0.717, 1.165) is 19.3 Å². The molecule has 0 spiro atoms. The van der Waals surface area contributed by atoms with Crippen LogP contribution >= 0.6 is 0 Å². The predicted molar refractivity (Wildman–Crippen MR) is 61.0 cm³/mol. The van der Waals surface area contributed by atoms with Crippen molar-refractivity contribution in [2.45, 2.75) is 19.3 Å². The van der Waals surface area contributed by atoms with Crippen LogP contribution in [0.15, 0.2) is 36.5 Å². The van der Waals surface area contributed by atoms with E-state index in [4.69, 9.17) is 4.74 Å². The number of carbonyl (C=O) groups excluding carboxylic acids is 1. The van der Waals surface area contributed by atoms with Crippen LogP contribution in [0.5, 0.6) is 0 Å². The highest BCUT2D eigenvalue weighted by Crippen LogP contribution is 2.18. The molecule has 1 aliphatic carbocycles. The Hall–Kier alpha value is -1.64. The molecular weight excluding hydrogens is 202 g/mol. The predicted octanol–water partition coefficient (Wildman–Crippen LogP) is 2.59. The van der Waals surface area contributed by atoms with E-state index in [-0.39, 0.29) is 5.97 Å². The number of rotatable bonds is 3. The van der Waals surface area contributed by atoms with Gasteiger partial charge in [-0.25, -0.2) is 9.78 Å². The Morgan fingerprint density at radius 3 is 3.06 bits per heavy atom. The largest absolute Gasteiger partial charge is 0.461 e. The number of hydrogen-bond donors (Lipinski definition) is 0. The smallest absolute Gasteiger partial charge is 0.356 e. The zero-order valence-corrected chi connectivity index (χ0v) is 9.13. The maximum Gasteiger partial charge on any atom is 0.356 e. The van der Waals surface area contributed by atoms with Gasteiger partial charge >= 0.3 is 5.97 Å². The zero-order valence-electron chi connectivity index (χ0n) is 9.13. The van der Waals surface area contributed by atoms with Gasteiger partial charge in [0.05, 0.1) is 6.61 Å². The summed E-state index contributed by atoms with van der Waals surface area (Å²) in [5.41, 5.74) is 0.383. The lowest BCUT2D eigenvalue weighted by Crippen LogP contribution is -2.15. The first-order chi connectivity index (χ1) is 7.86. The molecule has 0 radical (unpaired) electrons. The maximum absolute atomic E-state index is 11.6. The van der Waals surface area contributed by atoms with Crippen molar-refractivity contribution in [3.63, 3.8) is 0 Å². The van der Waals surface area contributed by atoms with Crippen molar-refractivity contribution >= 4 is 5.97 Å². The molecule has 1 heterocycles. The van der Waals surface area contributed by atoms with Gasteiger partial charge in [-0.15, -0.1) is 0 Å². The van der Waals surface area contributed by atoms with Crippen LogP contribution in [-0.4, -0.2) is 17.6 Å². The van der Waals surface area contributed by atoms with E-state index >= 15 is 0 Å². The van der Waals surface area contributed by atoms with Gasteiger partial charge in [0.15, 0.2) is 0 Å². The molecule has 1 aliphatic rings. The monoisotopic (exact) mass is 217 g/mol. The lowest BCUT2D eigenvalue weighted by molar-refractivity contribution is 0.0425. The number of ether oxygens (including phenoxy) is 1. The molecule has 0 bridgehead atoms. The molecule has 0 aliphatic heterocycles. The summed E-state index contributed by atoms with van der Waals surface area (Å²) in [5.74, 6) is 0.146. The topological polar surface area (TPSA) is 39.2 Å². The van der Waals surface area contributed by atoms with Gasteiger partial charge in [0.2, 0.25) is 0 Å². The summed E-state index contributed by atoms with van der Waals surface area (Å²) >= 11 is 0. The number of hydrogen-bond acceptors (Lipinski definition) is 3. The lowest BCUT2D eigenvalue weighted by atomic mass is 9.95. The third kappa shape index (κ3) is 2.92. The van der Waals surface area contributed by atoms with E-state index in [2.05, 4.69) is 17.1 Å². The molecule has 1 atom stereocenters. The maximum atomic E-state index is 11.6. The summed E-state index contributed by atoms with van der Waals surface area (Å²) in [7, 11) is 0. The van der Waals surface area contributed by atoms with Crippen LogP contribution in [0.1, 0.15) is 29.8 Å². The molecule has 1 aromatic heterocycles. The number of allylic oxidation sites excluding steroid dienone is 2. The molecule has 0 aromatic carbocycles. The molecule has 3 heteroatoms. The fourth-order valence-electron chi connectivity index (χ4n) is 1.76. The Morgan fingerprint density at radius 2 is 2.38 bits per heavy atom. The van der Waals surface area contributed by atoms with Gasteiger partial charge in [-0.2, -0.15) is 0 Å². The van der Waals surface area contributed by atoms with Crippen LogP contribution in [0.2, 0.25) is 0 Å². The molecule has 84 valence electrons. The molecule has 1 unspecified atom stereocenters. The molecule has 2 rings (SSSR count). The number of aromatic nitrogens is 1. The van der Waals surface area contributed by atoms with E-state index < -0.39 is 0 Å². The Bertz CT molecular complexity index is 373. The van der Waals surface area contributed by atoms with Crippen molar-refractivity contribution in [2.24, 2.45) is 5.92 Å². The normalized spacial score (nSPS) is 19.4. The van der Waals surface area contributed by atoms with E-state index in [1.54, 1.807) is 24.4 Å². The van der Waals surface area contributed by atoms with Gasteiger partial charge in [0.25, 0.3) is 0 Å². The van der Waals surface area contributed by atoms with Gasteiger partial charge in [-0.1, -0.05) is 18.2 Å². The van der Waals surface area contributed by atoms with Gasteiger partial charge in [0, 0.05) is 6.20 Å². The first kappa shape index (κ1) is 10.9. The molecule has 0 N–H and O–H groups in total. The second-order valence-electron chi connectivity index (χ2n) is 3.96. The van der Waals surface area contributed by atoms with Gasteiger partial charge < -0.3 is 4.74 Å². The second kappa shape index (κ2) is 5.45. The molecule has 0 saturated heterocycles. The van der Waals surface area contributed by atoms with Crippen molar-refractivity contribution in [3.8, 4) is 0 Å². The standard InChI is InChI=1S/C13H15NO2/c15-13(12-8-4-5-9-14-12)16-10-11-6-2-1-3-7-11/h1-2,4-5,8-9,11H,3,6-7,10H2. The first-order valence-corrected chi connectivity index (χ1v) is 5.59. The van der Waals surface area contributed by atoms with Crippen LogP contribution in [-0.2, 0) is 4.74 Å². The Balaban J connectivity index is 1.82. The highest BCUT2D eigenvalue weighted by atomic mass is 16.5. The first-order valence-electron chi connectivity index (χ1n) is 5.59. The summed E-state index contributed by atoms with van der Waals surface area (Å²) in [6.07, 6.45) is 9.13. The summed E-state index contributed by atoms with van der Waals surface area (Å²) in [6, 6.07) is 5.23. The van der Waals surface area contributed by atoms with E-state index in [1.165, 1.54) is 0 Å². The molecule has 0 saturated carbocycles. The number of esters is 1. The molecule has 0 amide bonds. The van der Waals surface area contributed by atoms with Gasteiger partial charge in [-0.05, 0) is 37.3 Å². The van der Waals surface area contributed by atoms with Crippen molar-refractivity contribution < 1.29 is 9.53 Å². The highest BCUT2D eigenvalue weighted by molar-refractivity contribution is 5.87. The Morgan fingerprint density at radius 1 is 1.44 bits per heavy atom. The molecule has 1 aromatic rings. The van der Waals surface area contributed by atoms with E-state index in [1.807, 2.05) is 0 Å². The third-order valence-electron chi connectivity index (χ3n) is 2.70. The average molecular weight is 217 g/mol. The number of carbonyl (C=O) groups is 1. The fourth-order valence-corrected chi connectivity index (χ4v) is 1.76. The van der Waals surface area contributed by atoms with Crippen LogP contribution < -0.4 is 0 Å². The van der Waals surface area contributed by atoms with Crippen LogP contribution in [0, 0.1) is 5.92 Å². The van der Waals surface area contributed by atoms with Crippen LogP contribution in [0.4, 0.5) is 0 Å². The van der Waals surface area contributed by atoms with Crippen molar-refractivity contribution in [3.05, 3.63) is 42.2 Å². The molecule has 3 nitrogen and oxygen atoms in total. The Labute approximate surface area is 95.2 Å². The van der Waals surface area contributed by atoms with Gasteiger partial charge in [-0.3, -0.25) is 0 Å². The van der Waals surface area contributed by atoms with Crippen LogP contribution in [0.3, 0.4) is 0 Å². The summed E-state index contributed by atoms with van der Waals surface area (Å²) in [5, 5.41) is 0. The molecule has 0 fully saturated rings. The molecule has 16 heavy (non-hydrogen) atoms. The molecular formula is C13H15NO2. The fraction of sp³-hybridized carbons (Fsp3) is 0.385. The van der Waals surface area contributed by atoms with Crippen molar-refractivity contribution in [1.82, 2.24) is 4.98 Å². The van der Waals surface area contributed by atoms with E-state index in [0.29, 0.717) is 18.2 Å². The summed E-state index contributed by atoms with van der Waals surface area (Å²) < 4.78 is 5.23. The summed E-state index contributed by atoms with van der Waals surface area (Å²) in [4.78, 5) is 15.5. The van der Waals surface area contributed by atoms with Gasteiger partial charge in [0.1, 0.15) is 5.69 Å².